The number of aromatic nitrogens is 1. The Morgan fingerprint density at radius 1 is 1.32 bits per heavy atom. The van der Waals surface area contributed by atoms with Crippen molar-refractivity contribution in [3.63, 3.8) is 0 Å². The Bertz CT molecular complexity index is 779. The molecule has 1 heterocycles. The van der Waals surface area contributed by atoms with E-state index in [9.17, 15) is 14.0 Å². The molecule has 0 unspecified atom stereocenters. The van der Waals surface area contributed by atoms with Gasteiger partial charge in [0.1, 0.15) is 11.4 Å². The molecule has 0 saturated heterocycles. The molecule has 1 aromatic heterocycles. The molecule has 2 aromatic rings. The number of ether oxygens (including phenoxy) is 1. The van der Waals surface area contributed by atoms with E-state index in [1.165, 1.54) is 24.3 Å². The van der Waals surface area contributed by atoms with Crippen LogP contribution in [0.1, 0.15) is 23.0 Å². The minimum atomic E-state index is -0.854. The molecule has 0 spiro atoms. The van der Waals surface area contributed by atoms with E-state index in [1.807, 2.05) is 0 Å². The van der Waals surface area contributed by atoms with Crippen molar-refractivity contribution < 1.29 is 13.9 Å². The van der Waals surface area contributed by atoms with Gasteiger partial charge in [-0.2, -0.15) is 0 Å². The SMILES string of the molecule is CCOc1c(C(N)=O)c(=O)c(-c2ccc(F)cc2)c(C)n1C. The highest BCUT2D eigenvalue weighted by atomic mass is 19.1. The van der Waals surface area contributed by atoms with Crippen LogP contribution in [0.2, 0.25) is 0 Å². The van der Waals surface area contributed by atoms with Crippen molar-refractivity contribution in [1.82, 2.24) is 4.57 Å². The third kappa shape index (κ3) is 2.59. The number of halogens is 1. The Morgan fingerprint density at radius 2 is 1.91 bits per heavy atom. The summed E-state index contributed by atoms with van der Waals surface area (Å²) in [6, 6.07) is 5.50. The zero-order chi connectivity index (χ0) is 16.4. The summed E-state index contributed by atoms with van der Waals surface area (Å²) in [6.07, 6.45) is 0. The maximum atomic E-state index is 13.1. The standard InChI is InChI=1S/C16H17FN2O3/c1-4-22-16-13(15(18)21)14(20)12(9(2)19(16)3)10-5-7-11(17)8-6-10/h5-8H,4H2,1-3H3,(H2,18,21). The van der Waals surface area contributed by atoms with E-state index in [0.29, 0.717) is 23.4 Å². The van der Waals surface area contributed by atoms with E-state index in [4.69, 9.17) is 10.5 Å². The number of nitrogens with zero attached hydrogens (tertiary/aromatic N) is 1. The van der Waals surface area contributed by atoms with Crippen LogP contribution in [0, 0.1) is 12.7 Å². The predicted molar refractivity (Wildman–Crippen MR) is 81.5 cm³/mol. The molecule has 0 saturated carbocycles. The Balaban J connectivity index is 2.84. The van der Waals surface area contributed by atoms with Crippen LogP contribution in [0.4, 0.5) is 4.39 Å². The average molecular weight is 304 g/mol. The van der Waals surface area contributed by atoms with Gasteiger partial charge in [0, 0.05) is 18.3 Å². The number of pyridine rings is 1. The highest BCUT2D eigenvalue weighted by molar-refractivity contribution is 5.96. The van der Waals surface area contributed by atoms with Crippen LogP contribution in [-0.2, 0) is 7.05 Å². The van der Waals surface area contributed by atoms with E-state index in [-0.39, 0.29) is 11.4 Å². The maximum absolute atomic E-state index is 13.1. The molecule has 1 aromatic carbocycles. The highest BCUT2D eigenvalue weighted by Gasteiger charge is 2.23. The summed E-state index contributed by atoms with van der Waals surface area (Å²) in [7, 11) is 1.68. The minimum Gasteiger partial charge on any atom is -0.478 e. The summed E-state index contributed by atoms with van der Waals surface area (Å²) >= 11 is 0. The molecular formula is C16H17FN2O3. The summed E-state index contributed by atoms with van der Waals surface area (Å²) in [5, 5.41) is 0. The fourth-order valence-electron chi connectivity index (χ4n) is 2.35. The van der Waals surface area contributed by atoms with Gasteiger partial charge in [-0.1, -0.05) is 12.1 Å². The molecule has 0 aliphatic heterocycles. The fourth-order valence-corrected chi connectivity index (χ4v) is 2.35. The van der Waals surface area contributed by atoms with Gasteiger partial charge < -0.3 is 15.0 Å². The number of carbonyl (C=O) groups is 1. The molecule has 0 radical (unpaired) electrons. The van der Waals surface area contributed by atoms with Gasteiger partial charge in [0.15, 0.2) is 0 Å². The van der Waals surface area contributed by atoms with Gasteiger partial charge in [0.25, 0.3) is 5.91 Å². The number of carbonyl (C=O) groups excluding carboxylic acids is 1. The van der Waals surface area contributed by atoms with Crippen molar-refractivity contribution in [3.05, 3.63) is 51.6 Å². The summed E-state index contributed by atoms with van der Waals surface area (Å²) < 4.78 is 20.1. The lowest BCUT2D eigenvalue weighted by Crippen LogP contribution is -2.28. The smallest absolute Gasteiger partial charge is 0.258 e. The first-order chi connectivity index (χ1) is 10.4. The van der Waals surface area contributed by atoms with Crippen LogP contribution < -0.4 is 15.9 Å². The van der Waals surface area contributed by atoms with E-state index < -0.39 is 17.2 Å². The lowest BCUT2D eigenvalue weighted by Gasteiger charge is -2.18. The molecule has 0 atom stereocenters. The van der Waals surface area contributed by atoms with Crippen molar-refractivity contribution >= 4 is 5.91 Å². The first-order valence-corrected chi connectivity index (χ1v) is 6.80. The third-order valence-electron chi connectivity index (χ3n) is 3.50. The highest BCUT2D eigenvalue weighted by Crippen LogP contribution is 2.26. The van der Waals surface area contributed by atoms with E-state index in [0.717, 1.165) is 0 Å². The van der Waals surface area contributed by atoms with E-state index >= 15 is 0 Å². The van der Waals surface area contributed by atoms with Crippen LogP contribution in [0.25, 0.3) is 11.1 Å². The molecule has 2 rings (SSSR count). The number of amides is 1. The number of benzene rings is 1. The number of hydrogen-bond donors (Lipinski definition) is 1. The van der Waals surface area contributed by atoms with Crippen LogP contribution in [-0.4, -0.2) is 17.1 Å². The topological polar surface area (TPSA) is 74.3 Å². The first-order valence-electron chi connectivity index (χ1n) is 6.80. The largest absolute Gasteiger partial charge is 0.478 e. The first kappa shape index (κ1) is 15.8. The molecule has 0 fully saturated rings. The maximum Gasteiger partial charge on any atom is 0.258 e. The monoisotopic (exact) mass is 304 g/mol. The lowest BCUT2D eigenvalue weighted by atomic mass is 10.0. The fraction of sp³-hybridized carbons (Fsp3) is 0.250. The van der Waals surface area contributed by atoms with Gasteiger partial charge in [-0.05, 0) is 31.5 Å². The van der Waals surface area contributed by atoms with Gasteiger partial charge >= 0.3 is 0 Å². The zero-order valence-electron chi connectivity index (χ0n) is 12.6. The lowest BCUT2D eigenvalue weighted by molar-refractivity contribution is 0.0993. The van der Waals surface area contributed by atoms with Gasteiger partial charge in [0.2, 0.25) is 11.3 Å². The molecule has 116 valence electrons. The van der Waals surface area contributed by atoms with Crippen LogP contribution in [0.5, 0.6) is 5.88 Å². The van der Waals surface area contributed by atoms with Crippen molar-refractivity contribution in [2.24, 2.45) is 12.8 Å². The van der Waals surface area contributed by atoms with Crippen molar-refractivity contribution in [3.8, 4) is 17.0 Å². The Labute approximate surface area is 127 Å². The van der Waals surface area contributed by atoms with Gasteiger partial charge in [-0.25, -0.2) is 4.39 Å². The molecular weight excluding hydrogens is 287 g/mol. The average Bonchev–Trinajstić information content (AvgIpc) is 2.46. The van der Waals surface area contributed by atoms with Crippen molar-refractivity contribution in [2.45, 2.75) is 13.8 Å². The summed E-state index contributed by atoms with van der Waals surface area (Å²) in [5.74, 6) is -1.12. The van der Waals surface area contributed by atoms with Gasteiger partial charge in [0.05, 0.1) is 6.61 Å². The summed E-state index contributed by atoms with van der Waals surface area (Å²) in [6.45, 7) is 3.77. The van der Waals surface area contributed by atoms with Gasteiger partial charge in [-0.3, -0.25) is 9.59 Å². The van der Waals surface area contributed by atoms with Gasteiger partial charge in [-0.15, -0.1) is 0 Å². The quantitative estimate of drug-likeness (QED) is 0.938. The Hall–Kier alpha value is -2.63. The molecule has 0 bridgehead atoms. The van der Waals surface area contributed by atoms with Crippen LogP contribution in [0.15, 0.2) is 29.1 Å². The van der Waals surface area contributed by atoms with Crippen molar-refractivity contribution in [1.29, 1.82) is 0 Å². The van der Waals surface area contributed by atoms with Crippen LogP contribution in [0.3, 0.4) is 0 Å². The van der Waals surface area contributed by atoms with E-state index in [1.54, 1.807) is 25.5 Å². The Morgan fingerprint density at radius 3 is 2.41 bits per heavy atom. The second-order valence-corrected chi connectivity index (χ2v) is 4.83. The normalized spacial score (nSPS) is 10.5. The number of primary amides is 1. The second-order valence-electron chi connectivity index (χ2n) is 4.83. The predicted octanol–water partition coefficient (Wildman–Crippen LogP) is 2.00. The molecule has 1 amide bonds. The second kappa shape index (κ2) is 6.01. The molecule has 5 nitrogen and oxygen atoms in total. The van der Waals surface area contributed by atoms with E-state index in [2.05, 4.69) is 0 Å². The van der Waals surface area contributed by atoms with Crippen LogP contribution >= 0.6 is 0 Å². The molecule has 0 aliphatic carbocycles. The zero-order valence-corrected chi connectivity index (χ0v) is 12.6. The van der Waals surface area contributed by atoms with Crippen molar-refractivity contribution in [2.75, 3.05) is 6.61 Å². The molecule has 0 aliphatic rings. The number of hydrogen-bond acceptors (Lipinski definition) is 3. The minimum absolute atomic E-state index is 0.142. The molecule has 6 heteroatoms. The summed E-state index contributed by atoms with van der Waals surface area (Å²) in [4.78, 5) is 24.4. The summed E-state index contributed by atoms with van der Waals surface area (Å²) in [5.41, 5.74) is 6.05. The number of nitrogens with two attached hydrogens (primary N) is 1. The molecule has 22 heavy (non-hydrogen) atoms. The number of rotatable bonds is 4. The Kier molecular flexibility index (Phi) is 4.30. The third-order valence-corrected chi connectivity index (χ3v) is 3.50. The molecule has 2 N–H and O–H groups in total.